The second kappa shape index (κ2) is 3.88. The Balaban J connectivity index is 2.81. The van der Waals surface area contributed by atoms with E-state index in [0.717, 1.165) is 11.1 Å². The maximum absolute atomic E-state index is 12.0. The van der Waals surface area contributed by atoms with Gasteiger partial charge in [-0.3, -0.25) is 4.39 Å². The highest BCUT2D eigenvalue weighted by molar-refractivity contribution is 5.26. The molecule has 13 heavy (non-hydrogen) atoms. The van der Waals surface area contributed by atoms with Gasteiger partial charge in [0.15, 0.2) is 0 Å². The Morgan fingerprint density at radius 1 is 1.23 bits per heavy atom. The smallest absolute Gasteiger partial charge is 0.0934 e. The molecule has 0 aliphatic carbocycles. The van der Waals surface area contributed by atoms with Gasteiger partial charge in [0.1, 0.15) is 0 Å². The van der Waals surface area contributed by atoms with Gasteiger partial charge in [0, 0.05) is 6.42 Å². The molecule has 1 aromatic rings. The van der Waals surface area contributed by atoms with E-state index in [-0.39, 0.29) is 6.67 Å². The largest absolute Gasteiger partial charge is 0.386 e. The van der Waals surface area contributed by atoms with E-state index < -0.39 is 5.60 Å². The lowest BCUT2D eigenvalue weighted by atomic mass is 9.97. The van der Waals surface area contributed by atoms with Crippen LogP contribution in [0.3, 0.4) is 0 Å². The van der Waals surface area contributed by atoms with E-state index >= 15 is 0 Å². The summed E-state index contributed by atoms with van der Waals surface area (Å²) in [6, 6.07) is 7.38. The van der Waals surface area contributed by atoms with Crippen molar-refractivity contribution in [3.8, 4) is 0 Å². The van der Waals surface area contributed by atoms with Gasteiger partial charge >= 0.3 is 0 Å². The first kappa shape index (κ1) is 10.2. The van der Waals surface area contributed by atoms with Gasteiger partial charge in [0.25, 0.3) is 0 Å². The Morgan fingerprint density at radius 3 is 2.15 bits per heavy atom. The minimum absolute atomic E-state index is 0.331. The maximum atomic E-state index is 12.0. The standard InChI is InChI=1S/C11H15FO/c1-11(2,13)10-5-3-9(4-6-10)7-8-12/h3-6,13H,7-8H2,1-2H3. The zero-order chi connectivity index (χ0) is 9.90. The Labute approximate surface area is 78.2 Å². The van der Waals surface area contributed by atoms with Gasteiger partial charge in [-0.05, 0) is 25.0 Å². The molecule has 0 aliphatic heterocycles. The molecule has 0 aromatic heterocycles. The van der Waals surface area contributed by atoms with Crippen LogP contribution in [0.2, 0.25) is 0 Å². The van der Waals surface area contributed by atoms with Crippen molar-refractivity contribution >= 4 is 0 Å². The number of rotatable bonds is 3. The summed E-state index contributed by atoms with van der Waals surface area (Å²) in [5.74, 6) is 0. The van der Waals surface area contributed by atoms with Crippen LogP contribution in [0.4, 0.5) is 4.39 Å². The summed E-state index contributed by atoms with van der Waals surface area (Å²) in [5, 5.41) is 9.64. The first-order chi connectivity index (χ1) is 6.04. The molecule has 0 amide bonds. The molecule has 2 heteroatoms. The van der Waals surface area contributed by atoms with E-state index in [4.69, 9.17) is 0 Å². The molecule has 0 heterocycles. The maximum Gasteiger partial charge on any atom is 0.0934 e. The summed E-state index contributed by atoms with van der Waals surface area (Å²) >= 11 is 0. The molecule has 0 spiro atoms. The van der Waals surface area contributed by atoms with Gasteiger partial charge in [-0.1, -0.05) is 24.3 Å². The Kier molecular flexibility index (Phi) is 3.04. The number of halogens is 1. The second-order valence-electron chi connectivity index (χ2n) is 3.69. The van der Waals surface area contributed by atoms with Crippen LogP contribution in [0.1, 0.15) is 25.0 Å². The van der Waals surface area contributed by atoms with Crippen LogP contribution in [-0.2, 0) is 12.0 Å². The fourth-order valence-electron chi connectivity index (χ4n) is 1.19. The van der Waals surface area contributed by atoms with E-state index in [1.807, 2.05) is 24.3 Å². The van der Waals surface area contributed by atoms with E-state index in [1.165, 1.54) is 0 Å². The first-order valence-electron chi connectivity index (χ1n) is 4.42. The molecule has 0 bridgehead atoms. The topological polar surface area (TPSA) is 20.2 Å². The monoisotopic (exact) mass is 182 g/mol. The lowest BCUT2D eigenvalue weighted by Gasteiger charge is -2.17. The summed E-state index contributed by atoms with van der Waals surface area (Å²) < 4.78 is 12.0. The van der Waals surface area contributed by atoms with Gasteiger partial charge in [-0.15, -0.1) is 0 Å². The van der Waals surface area contributed by atoms with E-state index in [9.17, 15) is 9.50 Å². The van der Waals surface area contributed by atoms with Crippen molar-refractivity contribution in [3.63, 3.8) is 0 Å². The Bertz CT molecular complexity index is 258. The van der Waals surface area contributed by atoms with Crippen molar-refractivity contribution in [3.05, 3.63) is 35.4 Å². The van der Waals surface area contributed by atoms with Crippen LogP contribution < -0.4 is 0 Å². The third kappa shape index (κ3) is 2.81. The number of alkyl halides is 1. The minimum atomic E-state index is -0.811. The number of hydrogen-bond donors (Lipinski definition) is 1. The van der Waals surface area contributed by atoms with Crippen molar-refractivity contribution in [2.75, 3.05) is 6.67 Å². The number of aliphatic hydroxyl groups is 1. The molecular formula is C11H15FO. The quantitative estimate of drug-likeness (QED) is 0.761. The highest BCUT2D eigenvalue weighted by Gasteiger charge is 2.14. The molecule has 1 rings (SSSR count). The molecule has 0 saturated carbocycles. The van der Waals surface area contributed by atoms with Crippen molar-refractivity contribution in [1.82, 2.24) is 0 Å². The van der Waals surface area contributed by atoms with E-state index in [1.54, 1.807) is 13.8 Å². The van der Waals surface area contributed by atoms with E-state index in [2.05, 4.69) is 0 Å². The van der Waals surface area contributed by atoms with Crippen LogP contribution in [0.15, 0.2) is 24.3 Å². The summed E-state index contributed by atoms with van der Waals surface area (Å²) in [4.78, 5) is 0. The van der Waals surface area contributed by atoms with Crippen LogP contribution >= 0.6 is 0 Å². The zero-order valence-corrected chi connectivity index (χ0v) is 8.05. The third-order valence-electron chi connectivity index (χ3n) is 2.04. The zero-order valence-electron chi connectivity index (χ0n) is 8.05. The molecule has 1 aromatic carbocycles. The number of aryl methyl sites for hydroxylation is 1. The molecule has 0 saturated heterocycles. The molecule has 0 radical (unpaired) electrons. The lowest BCUT2D eigenvalue weighted by Crippen LogP contribution is -2.15. The Morgan fingerprint density at radius 2 is 1.77 bits per heavy atom. The molecule has 0 aliphatic rings. The van der Waals surface area contributed by atoms with Crippen LogP contribution in [0.5, 0.6) is 0 Å². The van der Waals surface area contributed by atoms with Crippen molar-refractivity contribution in [2.24, 2.45) is 0 Å². The average Bonchev–Trinajstić information content (AvgIpc) is 2.04. The molecule has 0 atom stereocenters. The molecule has 0 fully saturated rings. The summed E-state index contributed by atoms with van der Waals surface area (Å²) in [6.45, 7) is 3.14. The fourth-order valence-corrected chi connectivity index (χ4v) is 1.19. The van der Waals surface area contributed by atoms with Gasteiger partial charge in [0.2, 0.25) is 0 Å². The second-order valence-corrected chi connectivity index (χ2v) is 3.69. The van der Waals surface area contributed by atoms with Gasteiger partial charge in [0.05, 0.1) is 12.3 Å². The number of hydrogen-bond acceptors (Lipinski definition) is 1. The fraction of sp³-hybridized carbons (Fsp3) is 0.455. The lowest BCUT2D eigenvalue weighted by molar-refractivity contribution is 0.0786. The average molecular weight is 182 g/mol. The third-order valence-corrected chi connectivity index (χ3v) is 2.04. The van der Waals surface area contributed by atoms with Crippen molar-refractivity contribution in [2.45, 2.75) is 25.9 Å². The van der Waals surface area contributed by atoms with Crippen LogP contribution in [0, 0.1) is 0 Å². The van der Waals surface area contributed by atoms with Gasteiger partial charge in [-0.2, -0.15) is 0 Å². The Hall–Kier alpha value is -0.890. The highest BCUT2D eigenvalue weighted by atomic mass is 19.1. The molecule has 1 N–H and O–H groups in total. The molecule has 0 unspecified atom stereocenters. The normalized spacial score (nSPS) is 11.7. The van der Waals surface area contributed by atoms with Crippen LogP contribution in [0.25, 0.3) is 0 Å². The molecular weight excluding hydrogens is 167 g/mol. The van der Waals surface area contributed by atoms with Gasteiger partial charge in [-0.25, -0.2) is 0 Å². The molecule has 72 valence electrons. The number of benzene rings is 1. The van der Waals surface area contributed by atoms with Crippen molar-refractivity contribution < 1.29 is 9.50 Å². The highest BCUT2D eigenvalue weighted by Crippen LogP contribution is 2.19. The summed E-state index contributed by atoms with van der Waals surface area (Å²) in [7, 11) is 0. The first-order valence-corrected chi connectivity index (χ1v) is 4.42. The SMILES string of the molecule is CC(C)(O)c1ccc(CCF)cc1. The van der Waals surface area contributed by atoms with E-state index in [0.29, 0.717) is 6.42 Å². The predicted octanol–water partition coefficient (Wildman–Crippen LogP) is 2.43. The van der Waals surface area contributed by atoms with Crippen molar-refractivity contribution in [1.29, 1.82) is 0 Å². The van der Waals surface area contributed by atoms with Crippen LogP contribution in [-0.4, -0.2) is 11.8 Å². The minimum Gasteiger partial charge on any atom is -0.386 e. The molecule has 1 nitrogen and oxygen atoms in total. The predicted molar refractivity (Wildman–Crippen MR) is 51.4 cm³/mol. The van der Waals surface area contributed by atoms with Gasteiger partial charge < -0.3 is 5.11 Å². The summed E-state index contributed by atoms with van der Waals surface area (Å²) in [6.07, 6.45) is 0.451. The summed E-state index contributed by atoms with van der Waals surface area (Å²) in [5.41, 5.74) is 1.01.